The lowest BCUT2D eigenvalue weighted by atomic mass is 10.1. The van der Waals surface area contributed by atoms with Crippen LogP contribution in [-0.2, 0) is 0 Å². The number of nitrogens with one attached hydrogen (secondary N) is 2. The van der Waals surface area contributed by atoms with Crippen molar-refractivity contribution >= 4 is 39.6 Å². The molecule has 9 heteroatoms. The summed E-state index contributed by atoms with van der Waals surface area (Å²) in [6.45, 7) is 1.77. The van der Waals surface area contributed by atoms with Gasteiger partial charge in [-0.15, -0.1) is 0 Å². The normalized spacial score (nSPS) is 14.0. The molecule has 3 heterocycles. The van der Waals surface area contributed by atoms with Gasteiger partial charge >= 0.3 is 0 Å². The van der Waals surface area contributed by atoms with Crippen molar-refractivity contribution in [2.24, 2.45) is 0 Å². The van der Waals surface area contributed by atoms with Crippen molar-refractivity contribution in [3.8, 4) is 5.69 Å². The summed E-state index contributed by atoms with van der Waals surface area (Å²) in [5.41, 5.74) is 6.18. The van der Waals surface area contributed by atoms with Crippen LogP contribution in [0.1, 0.15) is 23.2 Å². The lowest BCUT2D eigenvalue weighted by Gasteiger charge is -2.31. The molecule has 6 rings (SSSR count). The summed E-state index contributed by atoms with van der Waals surface area (Å²) in [4.78, 5) is 14.7. The van der Waals surface area contributed by atoms with E-state index in [9.17, 15) is 9.90 Å². The van der Waals surface area contributed by atoms with Crippen molar-refractivity contribution in [1.29, 1.82) is 0 Å². The second kappa shape index (κ2) is 10.3. The van der Waals surface area contributed by atoms with Crippen LogP contribution in [0.2, 0.25) is 0 Å². The van der Waals surface area contributed by atoms with E-state index in [0.29, 0.717) is 11.3 Å². The summed E-state index contributed by atoms with van der Waals surface area (Å²) >= 11 is 0. The van der Waals surface area contributed by atoms with Gasteiger partial charge in [-0.2, -0.15) is 15.3 Å². The molecule has 3 N–H and O–H groups in total. The average Bonchev–Trinajstić information content (AvgIpc) is 3.38. The maximum Gasteiger partial charge on any atom is 0.257 e. The molecule has 2 aromatic heterocycles. The number of carbonyl (C=O) groups is 1. The van der Waals surface area contributed by atoms with Crippen molar-refractivity contribution in [3.63, 3.8) is 0 Å². The molecule has 1 saturated heterocycles. The Hall–Kier alpha value is -4.76. The fourth-order valence-electron chi connectivity index (χ4n) is 4.68. The molecule has 5 aromatic rings. The monoisotopic (exact) mass is 505 g/mol. The fraction of sp³-hybridized carbons (Fsp3) is 0.172. The van der Waals surface area contributed by atoms with E-state index >= 15 is 0 Å². The van der Waals surface area contributed by atoms with Crippen LogP contribution >= 0.6 is 0 Å². The zero-order chi connectivity index (χ0) is 25.9. The first-order valence-electron chi connectivity index (χ1n) is 12.6. The topological polar surface area (TPSA) is 108 Å². The SMILES string of the molecule is O=C(Nc1ccc(-n2ncc3cc(Nc4ccc(N5CCC(O)CC5)cc4)ccc32)cc1)c1ccnnc1. The Morgan fingerprint density at radius 2 is 1.53 bits per heavy atom. The van der Waals surface area contributed by atoms with Gasteiger partial charge in [-0.3, -0.25) is 4.79 Å². The number of hydrogen-bond donors (Lipinski definition) is 3. The van der Waals surface area contributed by atoms with Gasteiger partial charge in [-0.25, -0.2) is 4.68 Å². The molecule has 0 bridgehead atoms. The van der Waals surface area contributed by atoms with Crippen molar-refractivity contribution in [2.45, 2.75) is 18.9 Å². The molecule has 0 spiro atoms. The van der Waals surface area contributed by atoms with Gasteiger partial charge in [0, 0.05) is 41.2 Å². The molecule has 1 fully saturated rings. The Bertz CT molecular complexity index is 1540. The first kappa shape index (κ1) is 23.6. The minimum absolute atomic E-state index is 0.172. The Morgan fingerprint density at radius 3 is 2.26 bits per heavy atom. The Labute approximate surface area is 219 Å². The smallest absolute Gasteiger partial charge is 0.257 e. The second-order valence-corrected chi connectivity index (χ2v) is 9.35. The number of aliphatic hydroxyl groups excluding tert-OH is 1. The predicted molar refractivity (Wildman–Crippen MR) is 148 cm³/mol. The third kappa shape index (κ3) is 5.05. The van der Waals surface area contributed by atoms with E-state index in [1.807, 2.05) is 47.3 Å². The number of carbonyl (C=O) groups excluding carboxylic acids is 1. The van der Waals surface area contributed by atoms with Gasteiger partial charge in [-0.05, 0) is 85.6 Å². The molecule has 0 radical (unpaired) electrons. The first-order chi connectivity index (χ1) is 18.6. The van der Waals surface area contributed by atoms with E-state index in [0.717, 1.165) is 53.9 Å². The van der Waals surface area contributed by atoms with Gasteiger partial charge in [0.2, 0.25) is 0 Å². The summed E-state index contributed by atoms with van der Waals surface area (Å²) < 4.78 is 1.88. The zero-order valence-electron chi connectivity index (χ0n) is 20.7. The highest BCUT2D eigenvalue weighted by Gasteiger charge is 2.17. The average molecular weight is 506 g/mol. The number of aromatic nitrogens is 4. The molecule has 190 valence electrons. The number of amides is 1. The van der Waals surface area contributed by atoms with Crippen molar-refractivity contribution in [2.75, 3.05) is 28.6 Å². The first-order valence-corrected chi connectivity index (χ1v) is 12.6. The summed E-state index contributed by atoms with van der Waals surface area (Å²) in [7, 11) is 0. The summed E-state index contributed by atoms with van der Waals surface area (Å²) in [5.74, 6) is -0.238. The minimum atomic E-state index is -0.238. The molecule has 1 aliphatic rings. The molecule has 1 aliphatic heterocycles. The maximum absolute atomic E-state index is 12.4. The van der Waals surface area contributed by atoms with Crippen LogP contribution in [-0.4, -0.2) is 50.2 Å². The van der Waals surface area contributed by atoms with Crippen LogP contribution in [0, 0.1) is 0 Å². The third-order valence-corrected chi connectivity index (χ3v) is 6.77. The number of piperidine rings is 1. The number of fused-ring (bicyclic) bond motifs is 1. The van der Waals surface area contributed by atoms with Gasteiger partial charge in [-0.1, -0.05) is 0 Å². The highest BCUT2D eigenvalue weighted by atomic mass is 16.3. The predicted octanol–water partition coefficient (Wildman–Crippen LogP) is 4.77. The second-order valence-electron chi connectivity index (χ2n) is 9.35. The molecular formula is C29H27N7O2. The lowest BCUT2D eigenvalue weighted by molar-refractivity contribution is 0.102. The Morgan fingerprint density at radius 1 is 0.816 bits per heavy atom. The Balaban J connectivity index is 1.13. The van der Waals surface area contributed by atoms with Crippen LogP contribution in [0.15, 0.2) is 91.4 Å². The van der Waals surface area contributed by atoms with Crippen LogP contribution in [0.4, 0.5) is 22.7 Å². The van der Waals surface area contributed by atoms with Gasteiger partial charge in [0.1, 0.15) is 0 Å². The molecule has 38 heavy (non-hydrogen) atoms. The van der Waals surface area contributed by atoms with Gasteiger partial charge < -0.3 is 20.6 Å². The highest BCUT2D eigenvalue weighted by molar-refractivity contribution is 6.04. The molecule has 0 saturated carbocycles. The van der Waals surface area contributed by atoms with Crippen molar-refractivity contribution in [1.82, 2.24) is 20.0 Å². The van der Waals surface area contributed by atoms with Crippen LogP contribution < -0.4 is 15.5 Å². The van der Waals surface area contributed by atoms with E-state index in [1.165, 1.54) is 18.1 Å². The minimum Gasteiger partial charge on any atom is -0.393 e. The Kier molecular flexibility index (Phi) is 6.41. The van der Waals surface area contributed by atoms with Gasteiger partial charge in [0.15, 0.2) is 0 Å². The van der Waals surface area contributed by atoms with Crippen LogP contribution in [0.3, 0.4) is 0 Å². The molecule has 0 atom stereocenters. The maximum atomic E-state index is 12.4. The quantitative estimate of drug-likeness (QED) is 0.305. The highest BCUT2D eigenvalue weighted by Crippen LogP contribution is 2.27. The number of rotatable bonds is 6. The number of nitrogens with zero attached hydrogens (tertiary/aromatic N) is 5. The molecule has 0 aliphatic carbocycles. The van der Waals surface area contributed by atoms with E-state index in [-0.39, 0.29) is 12.0 Å². The van der Waals surface area contributed by atoms with E-state index < -0.39 is 0 Å². The fourth-order valence-corrected chi connectivity index (χ4v) is 4.68. The largest absolute Gasteiger partial charge is 0.393 e. The van der Waals surface area contributed by atoms with Crippen LogP contribution in [0.25, 0.3) is 16.6 Å². The zero-order valence-corrected chi connectivity index (χ0v) is 20.7. The van der Waals surface area contributed by atoms with Gasteiger partial charge in [0.25, 0.3) is 5.91 Å². The van der Waals surface area contributed by atoms with Crippen molar-refractivity contribution in [3.05, 3.63) is 97.0 Å². The van der Waals surface area contributed by atoms with Crippen LogP contribution in [0.5, 0.6) is 0 Å². The van der Waals surface area contributed by atoms with E-state index in [1.54, 1.807) is 6.07 Å². The third-order valence-electron chi connectivity index (χ3n) is 6.77. The summed E-state index contributed by atoms with van der Waals surface area (Å²) in [5, 5.41) is 29.1. The molecule has 9 nitrogen and oxygen atoms in total. The number of anilines is 4. The van der Waals surface area contributed by atoms with Gasteiger partial charge in [0.05, 0.1) is 41.5 Å². The van der Waals surface area contributed by atoms with E-state index in [2.05, 4.69) is 61.2 Å². The molecule has 0 unspecified atom stereocenters. The molecule has 3 aromatic carbocycles. The molecule has 1 amide bonds. The molecular weight excluding hydrogens is 478 g/mol. The number of benzene rings is 3. The number of aliphatic hydroxyl groups is 1. The standard InChI is InChI=1S/C29H27N7O2/c37-27-12-15-35(16-13-27)25-6-1-22(2-7-25)33-24-5-10-28-21(17-24)19-32-36(28)26-8-3-23(4-9-26)34-29(38)20-11-14-30-31-18-20/h1-11,14,17-19,27,33,37H,12-13,15-16H2,(H,34,38). The summed E-state index contributed by atoms with van der Waals surface area (Å²) in [6.07, 6.45) is 6.23. The lowest BCUT2D eigenvalue weighted by Crippen LogP contribution is -2.35. The summed E-state index contributed by atoms with van der Waals surface area (Å²) in [6, 6.07) is 23.7. The number of hydrogen-bond acceptors (Lipinski definition) is 7. The van der Waals surface area contributed by atoms with E-state index in [4.69, 9.17) is 0 Å². The van der Waals surface area contributed by atoms with Crippen molar-refractivity contribution < 1.29 is 9.90 Å².